The first kappa shape index (κ1) is 17.2. The van der Waals surface area contributed by atoms with Gasteiger partial charge in [0, 0.05) is 14.1 Å². The number of rotatable bonds is 4. The molecule has 1 aliphatic heterocycles. The number of furan rings is 1. The molecule has 2 heterocycles. The van der Waals surface area contributed by atoms with Crippen molar-refractivity contribution in [2.45, 2.75) is 18.7 Å². The van der Waals surface area contributed by atoms with E-state index < -0.39 is 12.1 Å². The summed E-state index contributed by atoms with van der Waals surface area (Å²) in [5.74, 6) is -0.237. The first-order valence-electron chi connectivity index (χ1n) is 7.87. The second-order valence-corrected chi connectivity index (χ2v) is 6.01. The fourth-order valence-corrected chi connectivity index (χ4v) is 2.91. The highest BCUT2D eigenvalue weighted by Gasteiger charge is 2.41. The molecule has 3 rings (SSSR count). The number of carbonyl (C=O) groups excluding carboxylic acids is 2. The molecule has 1 aromatic heterocycles. The number of hydrogen-bond acceptors (Lipinski definition) is 4. The van der Waals surface area contributed by atoms with Gasteiger partial charge in [-0.2, -0.15) is 0 Å². The minimum Gasteiger partial charge on any atom is -0.467 e. The summed E-state index contributed by atoms with van der Waals surface area (Å²) in [4.78, 5) is 27.9. The number of carbonyl (C=O) groups is 2. The number of amides is 2. The Hall–Kier alpha value is -2.67. The van der Waals surface area contributed by atoms with Crippen LogP contribution in [0.4, 0.5) is 4.39 Å². The van der Waals surface area contributed by atoms with Crippen molar-refractivity contribution in [3.8, 4) is 0 Å². The molecule has 1 aliphatic rings. The van der Waals surface area contributed by atoms with Crippen LogP contribution in [0.15, 0.2) is 47.1 Å². The van der Waals surface area contributed by atoms with Crippen molar-refractivity contribution in [2.75, 3.05) is 20.7 Å². The Kier molecular flexibility index (Phi) is 4.85. The van der Waals surface area contributed by atoms with Gasteiger partial charge in [-0.15, -0.1) is 0 Å². The molecule has 1 saturated heterocycles. The Morgan fingerprint density at radius 3 is 2.68 bits per heavy atom. The van der Waals surface area contributed by atoms with E-state index in [-0.39, 0.29) is 24.2 Å². The lowest BCUT2D eigenvalue weighted by molar-refractivity contribution is -0.167. The van der Waals surface area contributed by atoms with E-state index in [1.165, 1.54) is 21.9 Å². The number of hydrogen-bond donors (Lipinski definition) is 0. The number of likely N-dealkylation sites (N-methyl/N-ethyl adjacent to an activating group) is 2. The molecule has 132 valence electrons. The van der Waals surface area contributed by atoms with Crippen molar-refractivity contribution >= 4 is 11.8 Å². The van der Waals surface area contributed by atoms with Gasteiger partial charge < -0.3 is 19.0 Å². The average molecular weight is 346 g/mol. The molecular formula is C18H19FN2O4. The van der Waals surface area contributed by atoms with Crippen LogP contribution in [0.1, 0.15) is 17.4 Å². The molecular weight excluding hydrogens is 327 g/mol. The van der Waals surface area contributed by atoms with Gasteiger partial charge in [0.1, 0.15) is 18.2 Å². The maximum atomic E-state index is 13.2. The van der Waals surface area contributed by atoms with Crippen molar-refractivity contribution in [1.29, 1.82) is 0 Å². The van der Waals surface area contributed by atoms with Gasteiger partial charge in [0.2, 0.25) is 5.91 Å². The molecule has 0 aliphatic carbocycles. The first-order chi connectivity index (χ1) is 12.0. The van der Waals surface area contributed by atoms with E-state index >= 15 is 0 Å². The molecule has 2 aromatic rings. The number of ether oxygens (including phenoxy) is 1. The Bertz CT molecular complexity index is 745. The summed E-state index contributed by atoms with van der Waals surface area (Å²) in [7, 11) is 3.26. The fraction of sp³-hybridized carbons (Fsp3) is 0.333. The standard InChI is InChI=1S/C18H19FN2O4/c1-20(10-14-4-3-9-24-14)18(23)17-16(21(2)15(22)11-25-17)12-5-7-13(19)8-6-12/h3-9,16-17H,10-11H2,1-2H3/t16-,17-/m0/s1. The van der Waals surface area contributed by atoms with Gasteiger partial charge in [0.05, 0.1) is 18.8 Å². The third-order valence-corrected chi connectivity index (χ3v) is 4.29. The van der Waals surface area contributed by atoms with Crippen LogP contribution in [0.2, 0.25) is 0 Å². The fourth-order valence-electron chi connectivity index (χ4n) is 2.91. The summed E-state index contributed by atoms with van der Waals surface area (Å²) in [6, 6.07) is 8.63. The van der Waals surface area contributed by atoms with Crippen molar-refractivity contribution < 1.29 is 23.1 Å². The molecule has 0 spiro atoms. The molecule has 0 radical (unpaired) electrons. The van der Waals surface area contributed by atoms with Crippen LogP contribution in [-0.2, 0) is 20.9 Å². The van der Waals surface area contributed by atoms with Gasteiger partial charge in [0.15, 0.2) is 6.10 Å². The largest absolute Gasteiger partial charge is 0.467 e. The summed E-state index contributed by atoms with van der Waals surface area (Å²) in [5.41, 5.74) is 0.640. The van der Waals surface area contributed by atoms with Gasteiger partial charge >= 0.3 is 0 Å². The van der Waals surface area contributed by atoms with Gasteiger partial charge in [-0.1, -0.05) is 12.1 Å². The maximum Gasteiger partial charge on any atom is 0.254 e. The Balaban J connectivity index is 1.84. The zero-order valence-electron chi connectivity index (χ0n) is 14.0. The van der Waals surface area contributed by atoms with Crippen LogP contribution < -0.4 is 0 Å². The van der Waals surface area contributed by atoms with Crippen molar-refractivity contribution in [3.05, 3.63) is 59.8 Å². The Morgan fingerprint density at radius 1 is 1.32 bits per heavy atom. The number of nitrogens with zero attached hydrogens (tertiary/aromatic N) is 2. The summed E-state index contributed by atoms with van der Waals surface area (Å²) < 4.78 is 24.0. The second-order valence-electron chi connectivity index (χ2n) is 6.01. The van der Waals surface area contributed by atoms with E-state index in [1.54, 1.807) is 44.6 Å². The monoisotopic (exact) mass is 346 g/mol. The van der Waals surface area contributed by atoms with Crippen LogP contribution in [0.5, 0.6) is 0 Å². The molecule has 2 atom stereocenters. The van der Waals surface area contributed by atoms with Crippen LogP contribution in [0.3, 0.4) is 0 Å². The predicted molar refractivity (Wildman–Crippen MR) is 86.8 cm³/mol. The van der Waals surface area contributed by atoms with Gasteiger partial charge in [0.25, 0.3) is 5.91 Å². The van der Waals surface area contributed by atoms with Crippen LogP contribution in [0, 0.1) is 5.82 Å². The summed E-state index contributed by atoms with van der Waals surface area (Å²) in [6.45, 7) is 0.124. The summed E-state index contributed by atoms with van der Waals surface area (Å²) >= 11 is 0. The number of morpholine rings is 1. The highest BCUT2D eigenvalue weighted by atomic mass is 19.1. The quantitative estimate of drug-likeness (QED) is 0.849. The normalized spacial score (nSPS) is 20.6. The lowest BCUT2D eigenvalue weighted by Gasteiger charge is -2.39. The number of halogens is 1. The highest BCUT2D eigenvalue weighted by Crippen LogP contribution is 2.30. The maximum absolute atomic E-state index is 13.2. The summed E-state index contributed by atoms with van der Waals surface area (Å²) in [5, 5.41) is 0. The zero-order valence-corrected chi connectivity index (χ0v) is 14.0. The Morgan fingerprint density at radius 2 is 2.04 bits per heavy atom. The molecule has 1 fully saturated rings. The molecule has 25 heavy (non-hydrogen) atoms. The van der Waals surface area contributed by atoms with Gasteiger partial charge in [-0.05, 0) is 29.8 Å². The lowest BCUT2D eigenvalue weighted by Crippen LogP contribution is -2.53. The minimum absolute atomic E-state index is 0.167. The average Bonchev–Trinajstić information content (AvgIpc) is 3.10. The molecule has 7 heteroatoms. The van der Waals surface area contributed by atoms with E-state index in [1.807, 2.05) is 0 Å². The molecule has 0 unspecified atom stereocenters. The molecule has 0 bridgehead atoms. The summed E-state index contributed by atoms with van der Waals surface area (Å²) in [6.07, 6.45) is 0.673. The zero-order chi connectivity index (χ0) is 18.0. The number of benzene rings is 1. The van der Waals surface area contributed by atoms with Gasteiger partial charge in [-0.25, -0.2) is 4.39 Å². The minimum atomic E-state index is -0.867. The predicted octanol–water partition coefficient (Wildman–Crippen LogP) is 1.98. The van der Waals surface area contributed by atoms with Crippen LogP contribution in [0.25, 0.3) is 0 Å². The third-order valence-electron chi connectivity index (χ3n) is 4.29. The molecule has 0 saturated carbocycles. The lowest BCUT2D eigenvalue weighted by atomic mass is 9.97. The molecule has 1 aromatic carbocycles. The van der Waals surface area contributed by atoms with Crippen LogP contribution >= 0.6 is 0 Å². The molecule has 0 N–H and O–H groups in total. The van der Waals surface area contributed by atoms with Crippen LogP contribution in [-0.4, -0.2) is 48.4 Å². The van der Waals surface area contributed by atoms with Gasteiger partial charge in [-0.3, -0.25) is 9.59 Å². The van der Waals surface area contributed by atoms with E-state index in [0.29, 0.717) is 17.9 Å². The van der Waals surface area contributed by atoms with E-state index in [0.717, 1.165) is 0 Å². The Labute approximate surface area is 144 Å². The SMILES string of the molecule is CN(Cc1ccco1)C(=O)[C@H]1OCC(=O)N(C)[C@H]1c1ccc(F)cc1. The van der Waals surface area contributed by atoms with E-state index in [4.69, 9.17) is 9.15 Å². The van der Waals surface area contributed by atoms with E-state index in [2.05, 4.69) is 0 Å². The first-order valence-corrected chi connectivity index (χ1v) is 7.87. The topological polar surface area (TPSA) is 63.0 Å². The second kappa shape index (κ2) is 7.06. The van der Waals surface area contributed by atoms with Crippen molar-refractivity contribution in [1.82, 2.24) is 9.80 Å². The molecule has 2 amide bonds. The third kappa shape index (κ3) is 3.56. The van der Waals surface area contributed by atoms with Crippen molar-refractivity contribution in [3.63, 3.8) is 0 Å². The van der Waals surface area contributed by atoms with E-state index in [9.17, 15) is 14.0 Å². The van der Waals surface area contributed by atoms with Crippen molar-refractivity contribution in [2.24, 2.45) is 0 Å². The smallest absolute Gasteiger partial charge is 0.254 e. The highest BCUT2D eigenvalue weighted by molar-refractivity contribution is 5.86. The molecule has 6 nitrogen and oxygen atoms in total.